The van der Waals surface area contributed by atoms with Crippen LogP contribution in [0, 0.1) is 10.1 Å². The molecule has 1 fully saturated rings. The van der Waals surface area contributed by atoms with Gasteiger partial charge in [0.1, 0.15) is 5.69 Å². The fourth-order valence-electron chi connectivity index (χ4n) is 3.95. The number of primary amides is 1. The number of aromatic nitrogens is 1. The van der Waals surface area contributed by atoms with Crippen molar-refractivity contribution >= 4 is 28.2 Å². The number of rotatable bonds is 4. The predicted octanol–water partition coefficient (Wildman–Crippen LogP) is 3.56. The number of nitrogens with zero attached hydrogens (tertiary/aromatic N) is 2. The van der Waals surface area contributed by atoms with Gasteiger partial charge in [0.15, 0.2) is 0 Å². The number of anilines is 1. The van der Waals surface area contributed by atoms with Gasteiger partial charge in [0, 0.05) is 41.8 Å². The summed E-state index contributed by atoms with van der Waals surface area (Å²) in [6.45, 7) is 1.45. The van der Waals surface area contributed by atoms with E-state index in [9.17, 15) is 14.9 Å². The van der Waals surface area contributed by atoms with Gasteiger partial charge < -0.3 is 15.6 Å². The number of nitro benzene ring substituents is 1. The number of piperidine rings is 1. The highest BCUT2D eigenvalue weighted by molar-refractivity contribution is 5.94. The van der Waals surface area contributed by atoms with Crippen LogP contribution in [0.1, 0.15) is 34.7 Å². The third kappa shape index (κ3) is 3.12. The number of H-pyrrole nitrogens is 1. The summed E-state index contributed by atoms with van der Waals surface area (Å²) in [5.41, 5.74) is 8.32. The molecule has 3 N–H and O–H groups in total. The number of hydrogen-bond donors (Lipinski definition) is 2. The summed E-state index contributed by atoms with van der Waals surface area (Å²) in [6, 6.07) is 12.7. The van der Waals surface area contributed by atoms with Gasteiger partial charge in [-0.2, -0.15) is 0 Å². The van der Waals surface area contributed by atoms with Crippen molar-refractivity contribution in [2.24, 2.45) is 5.73 Å². The number of fused-ring (bicyclic) bond motifs is 1. The molecule has 27 heavy (non-hydrogen) atoms. The van der Waals surface area contributed by atoms with E-state index >= 15 is 0 Å². The van der Waals surface area contributed by atoms with Crippen LogP contribution in [0.15, 0.2) is 48.7 Å². The molecule has 0 saturated carbocycles. The van der Waals surface area contributed by atoms with Crippen LogP contribution < -0.4 is 10.6 Å². The van der Waals surface area contributed by atoms with E-state index in [4.69, 9.17) is 5.73 Å². The smallest absolute Gasteiger partial charge is 0.293 e. The van der Waals surface area contributed by atoms with E-state index in [2.05, 4.69) is 23.3 Å². The lowest BCUT2D eigenvalue weighted by Crippen LogP contribution is -2.33. The standard InChI is InChI=1S/C20H20N4O3/c21-20(25)14-5-6-18(19(11-14)24(26)27)23-9-7-13(8-10-23)16-12-22-17-4-2-1-3-15(16)17/h1-6,11-13,22H,7-10H2,(H2,21,25). The molecule has 2 heterocycles. The second kappa shape index (κ2) is 6.75. The first-order valence-electron chi connectivity index (χ1n) is 8.94. The number of carbonyl (C=O) groups is 1. The van der Waals surface area contributed by atoms with Gasteiger partial charge >= 0.3 is 0 Å². The lowest BCUT2D eigenvalue weighted by atomic mass is 9.89. The Hall–Kier alpha value is -3.35. The molecule has 7 heteroatoms. The van der Waals surface area contributed by atoms with E-state index in [0.29, 0.717) is 11.6 Å². The average molecular weight is 364 g/mol. The number of aromatic amines is 1. The van der Waals surface area contributed by atoms with Gasteiger partial charge in [-0.3, -0.25) is 14.9 Å². The van der Waals surface area contributed by atoms with Crippen LogP contribution >= 0.6 is 0 Å². The van der Waals surface area contributed by atoms with Crippen molar-refractivity contribution in [1.82, 2.24) is 4.98 Å². The first-order chi connectivity index (χ1) is 13.0. The zero-order valence-corrected chi connectivity index (χ0v) is 14.7. The second-order valence-electron chi connectivity index (χ2n) is 6.88. The minimum Gasteiger partial charge on any atom is -0.366 e. The van der Waals surface area contributed by atoms with E-state index in [1.165, 1.54) is 17.0 Å². The SMILES string of the molecule is NC(=O)c1ccc(N2CCC(c3c[nH]c4ccccc34)CC2)c([N+](=O)[O-])c1. The summed E-state index contributed by atoms with van der Waals surface area (Å²) in [6.07, 6.45) is 3.91. The Morgan fingerprint density at radius 3 is 2.63 bits per heavy atom. The van der Waals surface area contributed by atoms with Crippen molar-refractivity contribution < 1.29 is 9.72 Å². The maximum atomic E-state index is 11.5. The maximum Gasteiger partial charge on any atom is 0.293 e. The zero-order valence-electron chi connectivity index (χ0n) is 14.7. The summed E-state index contributed by atoms with van der Waals surface area (Å²) in [5, 5.41) is 12.7. The molecule has 0 unspecified atom stereocenters. The van der Waals surface area contributed by atoms with Crippen molar-refractivity contribution in [1.29, 1.82) is 0 Å². The highest BCUT2D eigenvalue weighted by Gasteiger charge is 2.27. The van der Waals surface area contributed by atoms with Crippen molar-refractivity contribution in [2.45, 2.75) is 18.8 Å². The monoisotopic (exact) mass is 364 g/mol. The molecule has 0 spiro atoms. The molecule has 0 radical (unpaired) electrons. The number of nitrogens with one attached hydrogen (secondary N) is 1. The van der Waals surface area contributed by atoms with Gasteiger partial charge in [0.2, 0.25) is 5.91 Å². The molecule has 0 atom stereocenters. The van der Waals surface area contributed by atoms with Crippen LogP contribution in [0.2, 0.25) is 0 Å². The number of nitro groups is 1. The first kappa shape index (κ1) is 17.1. The van der Waals surface area contributed by atoms with E-state index in [0.717, 1.165) is 31.4 Å². The molecule has 0 aliphatic carbocycles. The molecule has 1 saturated heterocycles. The Morgan fingerprint density at radius 2 is 1.93 bits per heavy atom. The molecule has 1 aliphatic heterocycles. The summed E-state index contributed by atoms with van der Waals surface area (Å²) >= 11 is 0. The Labute approximate surface area is 155 Å². The molecular formula is C20H20N4O3. The number of benzene rings is 2. The zero-order chi connectivity index (χ0) is 19.0. The number of para-hydroxylation sites is 1. The van der Waals surface area contributed by atoms with Crippen molar-refractivity contribution in [3.8, 4) is 0 Å². The predicted molar refractivity (Wildman–Crippen MR) is 104 cm³/mol. The number of nitrogens with two attached hydrogens (primary N) is 1. The topological polar surface area (TPSA) is 105 Å². The Bertz CT molecular complexity index is 1020. The van der Waals surface area contributed by atoms with E-state index in [1.807, 2.05) is 17.0 Å². The molecule has 2 aromatic carbocycles. The molecule has 1 amide bonds. The highest BCUT2D eigenvalue weighted by atomic mass is 16.6. The molecule has 3 aromatic rings. The minimum atomic E-state index is -0.664. The van der Waals surface area contributed by atoms with Gasteiger partial charge in [0.25, 0.3) is 5.69 Å². The lowest BCUT2D eigenvalue weighted by molar-refractivity contribution is -0.384. The number of hydrogen-bond acceptors (Lipinski definition) is 4. The van der Waals surface area contributed by atoms with Crippen LogP contribution in [0.4, 0.5) is 11.4 Å². The normalized spacial score (nSPS) is 15.2. The van der Waals surface area contributed by atoms with Gasteiger partial charge in [-0.15, -0.1) is 0 Å². The van der Waals surface area contributed by atoms with E-state index in [-0.39, 0.29) is 11.3 Å². The number of carbonyl (C=O) groups excluding carboxylic acids is 1. The van der Waals surface area contributed by atoms with Gasteiger partial charge in [-0.25, -0.2) is 0 Å². The largest absolute Gasteiger partial charge is 0.366 e. The Kier molecular flexibility index (Phi) is 4.27. The lowest BCUT2D eigenvalue weighted by Gasteiger charge is -2.33. The van der Waals surface area contributed by atoms with Crippen LogP contribution in [-0.4, -0.2) is 28.9 Å². The summed E-state index contributed by atoms with van der Waals surface area (Å²) in [4.78, 5) is 27.7. The van der Waals surface area contributed by atoms with Crippen LogP contribution in [-0.2, 0) is 0 Å². The van der Waals surface area contributed by atoms with Crippen LogP contribution in [0.5, 0.6) is 0 Å². The van der Waals surface area contributed by atoms with Crippen LogP contribution in [0.25, 0.3) is 10.9 Å². The molecule has 0 bridgehead atoms. The fourth-order valence-corrected chi connectivity index (χ4v) is 3.95. The van der Waals surface area contributed by atoms with Crippen molar-refractivity contribution in [3.63, 3.8) is 0 Å². The molecule has 1 aliphatic rings. The third-order valence-corrected chi connectivity index (χ3v) is 5.35. The highest BCUT2D eigenvalue weighted by Crippen LogP contribution is 2.37. The third-order valence-electron chi connectivity index (χ3n) is 5.35. The molecular weight excluding hydrogens is 344 g/mol. The molecule has 1 aromatic heterocycles. The van der Waals surface area contributed by atoms with Gasteiger partial charge in [-0.1, -0.05) is 18.2 Å². The molecule has 138 valence electrons. The minimum absolute atomic E-state index is 0.0724. The van der Waals surface area contributed by atoms with E-state index in [1.54, 1.807) is 12.1 Å². The van der Waals surface area contributed by atoms with E-state index < -0.39 is 10.8 Å². The van der Waals surface area contributed by atoms with Gasteiger partial charge in [0.05, 0.1) is 4.92 Å². The van der Waals surface area contributed by atoms with Crippen molar-refractivity contribution in [3.05, 3.63) is 69.9 Å². The average Bonchev–Trinajstić information content (AvgIpc) is 3.11. The van der Waals surface area contributed by atoms with Crippen molar-refractivity contribution in [2.75, 3.05) is 18.0 Å². The first-order valence-corrected chi connectivity index (χ1v) is 8.94. The quantitative estimate of drug-likeness (QED) is 0.545. The molecule has 4 rings (SSSR count). The fraction of sp³-hybridized carbons (Fsp3) is 0.250. The molecule has 7 nitrogen and oxygen atoms in total. The number of amides is 1. The Morgan fingerprint density at radius 1 is 1.19 bits per heavy atom. The Balaban J connectivity index is 1.56. The summed E-state index contributed by atoms with van der Waals surface area (Å²) in [5.74, 6) is -0.246. The maximum absolute atomic E-state index is 11.5. The summed E-state index contributed by atoms with van der Waals surface area (Å²) < 4.78 is 0. The summed E-state index contributed by atoms with van der Waals surface area (Å²) in [7, 11) is 0. The second-order valence-corrected chi connectivity index (χ2v) is 6.88. The van der Waals surface area contributed by atoms with Crippen LogP contribution in [0.3, 0.4) is 0 Å². The van der Waals surface area contributed by atoms with Gasteiger partial charge in [-0.05, 0) is 42.5 Å².